The maximum atomic E-state index is 12.0. The SMILES string of the molecule is N#CCOC(=O)c1cc(C2CC2)nn1-c1ccccc1. The lowest BCUT2D eigenvalue weighted by atomic mass is 10.2. The van der Waals surface area contributed by atoms with Gasteiger partial charge in [-0.1, -0.05) is 18.2 Å². The molecule has 1 aromatic carbocycles. The Morgan fingerprint density at radius 3 is 2.80 bits per heavy atom. The molecule has 1 heterocycles. The topological polar surface area (TPSA) is 67.9 Å². The van der Waals surface area contributed by atoms with E-state index in [1.807, 2.05) is 30.3 Å². The second kappa shape index (κ2) is 5.17. The fourth-order valence-electron chi connectivity index (χ4n) is 2.06. The van der Waals surface area contributed by atoms with Crippen LogP contribution in [0.3, 0.4) is 0 Å². The van der Waals surface area contributed by atoms with Crippen molar-refractivity contribution in [3.63, 3.8) is 0 Å². The van der Waals surface area contributed by atoms with Crippen LogP contribution in [-0.4, -0.2) is 22.4 Å². The summed E-state index contributed by atoms with van der Waals surface area (Å²) in [6.07, 6.45) is 2.22. The van der Waals surface area contributed by atoms with Gasteiger partial charge in [-0.25, -0.2) is 9.48 Å². The molecule has 0 spiro atoms. The largest absolute Gasteiger partial charge is 0.446 e. The van der Waals surface area contributed by atoms with E-state index in [4.69, 9.17) is 10.00 Å². The van der Waals surface area contributed by atoms with Crippen molar-refractivity contribution >= 4 is 5.97 Å². The molecule has 3 rings (SSSR count). The Kier molecular flexibility index (Phi) is 3.21. The van der Waals surface area contributed by atoms with Crippen molar-refractivity contribution in [3.8, 4) is 11.8 Å². The molecular weight excluding hydrogens is 254 g/mol. The number of rotatable bonds is 4. The zero-order valence-corrected chi connectivity index (χ0v) is 10.8. The van der Waals surface area contributed by atoms with Crippen molar-refractivity contribution in [1.29, 1.82) is 5.26 Å². The van der Waals surface area contributed by atoms with Gasteiger partial charge >= 0.3 is 5.97 Å². The molecular formula is C15H13N3O2. The van der Waals surface area contributed by atoms with E-state index in [-0.39, 0.29) is 6.61 Å². The number of hydrogen-bond acceptors (Lipinski definition) is 4. The number of nitrogens with zero attached hydrogens (tertiary/aromatic N) is 3. The zero-order chi connectivity index (χ0) is 13.9. The Morgan fingerprint density at radius 1 is 1.40 bits per heavy atom. The molecule has 0 amide bonds. The van der Waals surface area contributed by atoms with Gasteiger partial charge in [-0.15, -0.1) is 0 Å². The van der Waals surface area contributed by atoms with Gasteiger partial charge < -0.3 is 4.74 Å². The normalized spacial score (nSPS) is 13.8. The highest BCUT2D eigenvalue weighted by molar-refractivity contribution is 5.88. The summed E-state index contributed by atoms with van der Waals surface area (Å²) in [6, 6.07) is 13.0. The van der Waals surface area contributed by atoms with E-state index >= 15 is 0 Å². The first kappa shape index (κ1) is 12.4. The fourth-order valence-corrected chi connectivity index (χ4v) is 2.06. The van der Waals surface area contributed by atoms with Crippen molar-refractivity contribution in [3.05, 3.63) is 47.8 Å². The van der Waals surface area contributed by atoms with Gasteiger partial charge in [0, 0.05) is 5.92 Å². The average Bonchev–Trinajstić information content (AvgIpc) is 3.24. The highest BCUT2D eigenvalue weighted by atomic mass is 16.5. The zero-order valence-electron chi connectivity index (χ0n) is 10.8. The molecule has 5 heteroatoms. The minimum atomic E-state index is -0.519. The number of esters is 1. The first-order valence-electron chi connectivity index (χ1n) is 6.49. The molecule has 0 saturated heterocycles. The Balaban J connectivity index is 1.99. The molecule has 0 radical (unpaired) electrons. The van der Waals surface area contributed by atoms with Gasteiger partial charge in [-0.2, -0.15) is 10.4 Å². The summed E-state index contributed by atoms with van der Waals surface area (Å²) in [5.74, 6) is -0.0720. The van der Waals surface area contributed by atoms with Gasteiger partial charge in [0.1, 0.15) is 6.07 Å². The van der Waals surface area contributed by atoms with Crippen LogP contribution < -0.4 is 0 Å². The lowest BCUT2D eigenvalue weighted by Gasteiger charge is -2.05. The van der Waals surface area contributed by atoms with Crippen LogP contribution in [0.2, 0.25) is 0 Å². The summed E-state index contributed by atoms with van der Waals surface area (Å²) in [7, 11) is 0. The summed E-state index contributed by atoms with van der Waals surface area (Å²) in [5.41, 5.74) is 2.09. The van der Waals surface area contributed by atoms with E-state index < -0.39 is 5.97 Å². The number of carbonyl (C=O) groups excluding carboxylic acids is 1. The van der Waals surface area contributed by atoms with E-state index in [0.717, 1.165) is 24.2 Å². The van der Waals surface area contributed by atoms with Crippen LogP contribution in [-0.2, 0) is 4.74 Å². The summed E-state index contributed by atoms with van der Waals surface area (Å²) in [5, 5.41) is 13.0. The Labute approximate surface area is 116 Å². The van der Waals surface area contributed by atoms with Gasteiger partial charge in [0.25, 0.3) is 0 Å². The summed E-state index contributed by atoms with van der Waals surface area (Å²) >= 11 is 0. The van der Waals surface area contributed by atoms with E-state index in [1.54, 1.807) is 16.8 Å². The molecule has 1 fully saturated rings. The van der Waals surface area contributed by atoms with Crippen LogP contribution in [0.4, 0.5) is 0 Å². The highest BCUT2D eigenvalue weighted by Crippen LogP contribution is 2.39. The molecule has 20 heavy (non-hydrogen) atoms. The second-order valence-corrected chi connectivity index (χ2v) is 4.71. The average molecular weight is 267 g/mol. The van der Waals surface area contributed by atoms with Crippen molar-refractivity contribution in [1.82, 2.24) is 9.78 Å². The molecule has 1 aliphatic carbocycles. The van der Waals surface area contributed by atoms with Crippen LogP contribution in [0, 0.1) is 11.3 Å². The van der Waals surface area contributed by atoms with Crippen molar-refractivity contribution in [2.45, 2.75) is 18.8 Å². The summed E-state index contributed by atoms with van der Waals surface area (Å²) < 4.78 is 6.48. The summed E-state index contributed by atoms with van der Waals surface area (Å²) in [4.78, 5) is 12.0. The minimum absolute atomic E-state index is 0.252. The van der Waals surface area contributed by atoms with Gasteiger partial charge in [0.2, 0.25) is 0 Å². The van der Waals surface area contributed by atoms with E-state index in [2.05, 4.69) is 5.10 Å². The van der Waals surface area contributed by atoms with Crippen LogP contribution >= 0.6 is 0 Å². The third kappa shape index (κ3) is 2.41. The van der Waals surface area contributed by atoms with Gasteiger partial charge in [0.05, 0.1) is 11.4 Å². The van der Waals surface area contributed by atoms with Gasteiger partial charge in [0.15, 0.2) is 12.3 Å². The van der Waals surface area contributed by atoms with Crippen molar-refractivity contribution in [2.75, 3.05) is 6.61 Å². The first-order chi connectivity index (χ1) is 9.79. The molecule has 0 unspecified atom stereocenters. The lowest BCUT2D eigenvalue weighted by molar-refractivity contribution is 0.0544. The van der Waals surface area contributed by atoms with E-state index in [0.29, 0.717) is 11.6 Å². The molecule has 0 bridgehead atoms. The fraction of sp³-hybridized carbons (Fsp3) is 0.267. The Bertz CT molecular complexity index is 666. The third-order valence-corrected chi connectivity index (χ3v) is 3.20. The van der Waals surface area contributed by atoms with Gasteiger partial charge in [-0.3, -0.25) is 0 Å². The molecule has 100 valence electrons. The molecule has 5 nitrogen and oxygen atoms in total. The molecule has 0 N–H and O–H groups in total. The molecule has 2 aromatic rings. The van der Waals surface area contributed by atoms with Crippen molar-refractivity contribution in [2.24, 2.45) is 0 Å². The number of ether oxygens (including phenoxy) is 1. The smallest absolute Gasteiger partial charge is 0.358 e. The molecule has 0 aliphatic heterocycles. The highest BCUT2D eigenvalue weighted by Gasteiger charge is 2.29. The molecule has 1 saturated carbocycles. The molecule has 1 aliphatic rings. The standard InChI is InChI=1S/C15H13N3O2/c16-8-9-20-15(19)14-10-13(11-6-7-11)17-18(14)12-4-2-1-3-5-12/h1-5,10-11H,6-7,9H2. The van der Waals surface area contributed by atoms with Crippen LogP contribution in [0.5, 0.6) is 0 Å². The van der Waals surface area contributed by atoms with Crippen molar-refractivity contribution < 1.29 is 9.53 Å². The predicted octanol–water partition coefficient (Wildman–Crippen LogP) is 2.43. The van der Waals surface area contributed by atoms with Crippen LogP contribution in [0.25, 0.3) is 5.69 Å². The maximum absolute atomic E-state index is 12.0. The number of carbonyl (C=O) groups is 1. The van der Waals surface area contributed by atoms with E-state index in [9.17, 15) is 4.79 Å². The number of aromatic nitrogens is 2. The first-order valence-corrected chi connectivity index (χ1v) is 6.49. The van der Waals surface area contributed by atoms with Crippen LogP contribution in [0.15, 0.2) is 36.4 Å². The Hall–Kier alpha value is -2.61. The number of benzene rings is 1. The lowest BCUT2D eigenvalue weighted by Crippen LogP contribution is -2.12. The summed E-state index contributed by atoms with van der Waals surface area (Å²) in [6.45, 7) is -0.252. The predicted molar refractivity (Wildman–Crippen MR) is 71.4 cm³/mol. The molecule has 0 atom stereocenters. The third-order valence-electron chi connectivity index (χ3n) is 3.20. The van der Waals surface area contributed by atoms with E-state index in [1.165, 1.54) is 0 Å². The number of hydrogen-bond donors (Lipinski definition) is 0. The van der Waals surface area contributed by atoms with Crippen LogP contribution in [0.1, 0.15) is 34.9 Å². The number of para-hydroxylation sites is 1. The second-order valence-electron chi connectivity index (χ2n) is 4.71. The quantitative estimate of drug-likeness (QED) is 0.798. The molecule has 1 aromatic heterocycles. The van der Waals surface area contributed by atoms with Gasteiger partial charge in [-0.05, 0) is 31.0 Å². The maximum Gasteiger partial charge on any atom is 0.358 e. The Morgan fingerprint density at radius 2 is 2.15 bits per heavy atom. The monoisotopic (exact) mass is 267 g/mol. The number of nitriles is 1. The minimum Gasteiger partial charge on any atom is -0.446 e.